The zero-order valence-electron chi connectivity index (χ0n) is 34.0. The van der Waals surface area contributed by atoms with E-state index < -0.39 is 20.0 Å². The lowest BCUT2D eigenvalue weighted by atomic mass is 10.1. The van der Waals surface area contributed by atoms with Gasteiger partial charge in [0.05, 0.1) is 25.4 Å². The number of nitrogens with two attached hydrogens (primary N) is 1. The van der Waals surface area contributed by atoms with Crippen molar-refractivity contribution in [1.29, 1.82) is 0 Å². The smallest absolute Gasteiger partial charge is 0.387 e. The summed E-state index contributed by atoms with van der Waals surface area (Å²) in [6.07, 6.45) is 49.8. The Morgan fingerprint density at radius 2 is 1.06 bits per heavy atom. The van der Waals surface area contributed by atoms with Crippen LogP contribution in [0.5, 0.6) is 0 Å². The number of phosphoric acid groups is 1. The molecule has 0 saturated carbocycles. The molecule has 8 nitrogen and oxygen atoms in total. The Hall–Kier alpha value is -1.80. The molecule has 3 unspecified atom stereocenters. The summed E-state index contributed by atoms with van der Waals surface area (Å²) < 4.78 is 22.1. The molecule has 0 saturated heterocycles. The maximum Gasteiger partial charge on any atom is 0.472 e. The first kappa shape index (κ1) is 51.2. The number of carbonyl (C=O) groups excluding carboxylic acids is 1. The molecule has 0 aromatic rings. The van der Waals surface area contributed by atoms with Crippen molar-refractivity contribution in [3.63, 3.8) is 0 Å². The van der Waals surface area contributed by atoms with Crippen molar-refractivity contribution in [3.8, 4) is 0 Å². The van der Waals surface area contributed by atoms with E-state index in [4.69, 9.17) is 14.8 Å². The fourth-order valence-corrected chi connectivity index (χ4v) is 6.54. The Balaban J connectivity index is 4.35. The van der Waals surface area contributed by atoms with E-state index in [2.05, 4.69) is 67.8 Å². The number of amides is 1. The van der Waals surface area contributed by atoms with Crippen LogP contribution in [0.3, 0.4) is 0 Å². The molecule has 0 fully saturated rings. The van der Waals surface area contributed by atoms with Crippen molar-refractivity contribution in [2.45, 2.75) is 193 Å². The summed E-state index contributed by atoms with van der Waals surface area (Å²) in [5.74, 6) is -0.225. The van der Waals surface area contributed by atoms with Gasteiger partial charge < -0.3 is 21.1 Å². The number of nitrogens with one attached hydrogen (secondary N) is 1. The van der Waals surface area contributed by atoms with Gasteiger partial charge in [-0.1, -0.05) is 158 Å². The highest BCUT2D eigenvalue weighted by Gasteiger charge is 2.26. The minimum atomic E-state index is -4.36. The SMILES string of the molecule is CCCCC/C=C\C/C=C\CCCCCCCC(=O)NC(COP(=O)(O)OCCN)C(O)/C=C/CC/C=C/CC/C=C/CCCCCCCCCCC. The lowest BCUT2D eigenvalue weighted by molar-refractivity contribution is -0.123. The first-order chi connectivity index (χ1) is 25.9. The van der Waals surface area contributed by atoms with Gasteiger partial charge in [0.15, 0.2) is 0 Å². The summed E-state index contributed by atoms with van der Waals surface area (Å²) in [4.78, 5) is 22.7. The van der Waals surface area contributed by atoms with Gasteiger partial charge in [-0.15, -0.1) is 0 Å². The third kappa shape index (κ3) is 38.3. The number of hydrogen-bond donors (Lipinski definition) is 4. The lowest BCUT2D eigenvalue weighted by Gasteiger charge is -2.23. The average molecular weight is 765 g/mol. The van der Waals surface area contributed by atoms with Crippen LogP contribution in [0.25, 0.3) is 0 Å². The highest BCUT2D eigenvalue weighted by Crippen LogP contribution is 2.43. The van der Waals surface area contributed by atoms with E-state index in [0.717, 1.165) is 70.6 Å². The molecule has 0 aromatic heterocycles. The molecule has 0 aliphatic heterocycles. The molecule has 0 radical (unpaired) electrons. The Morgan fingerprint density at radius 1 is 0.623 bits per heavy atom. The van der Waals surface area contributed by atoms with Crippen molar-refractivity contribution >= 4 is 13.7 Å². The number of phosphoric ester groups is 1. The highest BCUT2D eigenvalue weighted by molar-refractivity contribution is 7.47. The van der Waals surface area contributed by atoms with Crippen molar-refractivity contribution in [2.75, 3.05) is 19.8 Å². The number of unbranched alkanes of at least 4 members (excludes halogenated alkanes) is 19. The Morgan fingerprint density at radius 3 is 1.60 bits per heavy atom. The molecular formula is C44H81N2O6P. The van der Waals surface area contributed by atoms with Crippen LogP contribution in [0, 0.1) is 0 Å². The minimum absolute atomic E-state index is 0.0670. The van der Waals surface area contributed by atoms with E-state index >= 15 is 0 Å². The molecule has 308 valence electrons. The van der Waals surface area contributed by atoms with Gasteiger partial charge in [0, 0.05) is 13.0 Å². The van der Waals surface area contributed by atoms with E-state index in [1.165, 1.54) is 89.9 Å². The molecule has 0 heterocycles. The van der Waals surface area contributed by atoms with Crippen molar-refractivity contribution in [2.24, 2.45) is 5.73 Å². The molecule has 0 rings (SSSR count). The first-order valence-corrected chi connectivity index (χ1v) is 22.9. The van der Waals surface area contributed by atoms with Gasteiger partial charge in [0.25, 0.3) is 0 Å². The highest BCUT2D eigenvalue weighted by atomic mass is 31.2. The Bertz CT molecular complexity index is 1010. The summed E-state index contributed by atoms with van der Waals surface area (Å²) in [7, 11) is -4.36. The molecule has 9 heteroatoms. The molecule has 0 spiro atoms. The van der Waals surface area contributed by atoms with Crippen molar-refractivity contribution in [1.82, 2.24) is 5.32 Å². The molecular weight excluding hydrogens is 683 g/mol. The maximum absolute atomic E-state index is 12.7. The van der Waals surface area contributed by atoms with Crippen LogP contribution in [-0.4, -0.2) is 47.8 Å². The fraction of sp³-hybridized carbons (Fsp3) is 0.750. The third-order valence-electron chi connectivity index (χ3n) is 9.04. The second-order valence-electron chi connectivity index (χ2n) is 14.2. The topological polar surface area (TPSA) is 131 Å². The van der Waals surface area contributed by atoms with Crippen LogP contribution >= 0.6 is 7.82 Å². The molecule has 1 amide bonds. The van der Waals surface area contributed by atoms with Crippen LogP contribution in [0.15, 0.2) is 60.8 Å². The van der Waals surface area contributed by atoms with Crippen LogP contribution in [0.4, 0.5) is 0 Å². The molecule has 0 aromatic carbocycles. The van der Waals surface area contributed by atoms with Crippen LogP contribution in [0.2, 0.25) is 0 Å². The van der Waals surface area contributed by atoms with Crippen LogP contribution in [0.1, 0.15) is 181 Å². The van der Waals surface area contributed by atoms with Gasteiger partial charge in [0.2, 0.25) is 5.91 Å². The number of hydrogen-bond acceptors (Lipinski definition) is 6. The van der Waals surface area contributed by atoms with E-state index in [-0.39, 0.29) is 25.7 Å². The largest absolute Gasteiger partial charge is 0.472 e. The molecule has 3 atom stereocenters. The first-order valence-electron chi connectivity index (χ1n) is 21.4. The molecule has 0 aliphatic rings. The van der Waals surface area contributed by atoms with E-state index in [1.54, 1.807) is 6.08 Å². The third-order valence-corrected chi connectivity index (χ3v) is 10.0. The van der Waals surface area contributed by atoms with Gasteiger partial charge in [-0.3, -0.25) is 13.8 Å². The number of carbonyl (C=O) groups is 1. The van der Waals surface area contributed by atoms with Crippen molar-refractivity contribution in [3.05, 3.63) is 60.8 Å². The van der Waals surface area contributed by atoms with Gasteiger partial charge >= 0.3 is 7.82 Å². The van der Waals surface area contributed by atoms with Crippen molar-refractivity contribution < 1.29 is 28.4 Å². The second-order valence-corrected chi connectivity index (χ2v) is 15.6. The zero-order valence-corrected chi connectivity index (χ0v) is 34.9. The minimum Gasteiger partial charge on any atom is -0.387 e. The summed E-state index contributed by atoms with van der Waals surface area (Å²) in [5, 5.41) is 13.6. The summed E-state index contributed by atoms with van der Waals surface area (Å²) in [6, 6.07) is -0.892. The average Bonchev–Trinajstić information content (AvgIpc) is 3.14. The summed E-state index contributed by atoms with van der Waals surface area (Å²) in [5.41, 5.74) is 5.36. The van der Waals surface area contributed by atoms with Crippen LogP contribution in [-0.2, 0) is 18.4 Å². The standard InChI is InChI=1S/C44H81N2O6P/c1-3-5-7-9-11-13-15-17-19-20-21-22-24-25-27-29-31-33-35-37-43(47)42(41-52-53(49,50)51-40-39-45)46-44(48)38-36-34-32-30-28-26-23-18-16-14-12-10-8-6-4-2/h12,14,18,21-23,27,29,35,37,42-43,47H,3-11,13,15-17,19-20,24-26,28,30-34,36,38-41,45H2,1-2H3,(H,46,48)(H,49,50)/b14-12-,22-21+,23-18-,29-27+,37-35+. The monoisotopic (exact) mass is 765 g/mol. The van der Waals surface area contributed by atoms with Gasteiger partial charge in [-0.05, 0) is 77.0 Å². The van der Waals surface area contributed by atoms with E-state index in [0.29, 0.717) is 6.42 Å². The second kappa shape index (κ2) is 39.9. The molecule has 53 heavy (non-hydrogen) atoms. The number of aliphatic hydroxyl groups excluding tert-OH is 1. The van der Waals surface area contributed by atoms with E-state index in [9.17, 15) is 19.4 Å². The lowest BCUT2D eigenvalue weighted by Crippen LogP contribution is -2.45. The van der Waals surface area contributed by atoms with Gasteiger partial charge in [0.1, 0.15) is 0 Å². The number of allylic oxidation sites excluding steroid dienone is 9. The normalized spacial score (nSPS) is 14.7. The molecule has 0 bridgehead atoms. The van der Waals surface area contributed by atoms with E-state index in [1.807, 2.05) is 6.08 Å². The Kier molecular flexibility index (Phi) is 38.5. The number of rotatable bonds is 39. The fourth-order valence-electron chi connectivity index (χ4n) is 5.78. The quantitative estimate of drug-likeness (QED) is 0.0278. The van der Waals surface area contributed by atoms with Crippen LogP contribution < -0.4 is 11.1 Å². The predicted octanol–water partition coefficient (Wildman–Crippen LogP) is 11.9. The predicted molar refractivity (Wildman–Crippen MR) is 226 cm³/mol. The molecule has 5 N–H and O–H groups in total. The Labute approximate surface area is 325 Å². The zero-order chi connectivity index (χ0) is 38.9. The number of aliphatic hydroxyl groups is 1. The maximum atomic E-state index is 12.7. The summed E-state index contributed by atoms with van der Waals surface area (Å²) in [6.45, 7) is 4.05. The van der Waals surface area contributed by atoms with Gasteiger partial charge in [-0.25, -0.2) is 4.57 Å². The van der Waals surface area contributed by atoms with Gasteiger partial charge in [-0.2, -0.15) is 0 Å². The molecule has 0 aliphatic carbocycles. The summed E-state index contributed by atoms with van der Waals surface area (Å²) >= 11 is 0.